The van der Waals surface area contributed by atoms with Gasteiger partial charge in [-0.2, -0.15) is 0 Å². The lowest BCUT2D eigenvalue weighted by Crippen LogP contribution is -2.35. The normalized spacial score (nSPS) is 16.4. The fourth-order valence-electron chi connectivity index (χ4n) is 2.65. The van der Waals surface area contributed by atoms with Crippen LogP contribution in [0.25, 0.3) is 0 Å². The van der Waals surface area contributed by atoms with Crippen LogP contribution in [0, 0.1) is 6.92 Å². The Hall–Kier alpha value is -1.22. The molecule has 0 saturated heterocycles. The Labute approximate surface area is 103 Å². The van der Waals surface area contributed by atoms with Gasteiger partial charge in [-0.1, -0.05) is 18.9 Å². The summed E-state index contributed by atoms with van der Waals surface area (Å²) >= 11 is 0. The molecule has 1 aliphatic rings. The van der Waals surface area contributed by atoms with Crippen molar-refractivity contribution in [1.82, 2.24) is 0 Å². The maximum atomic E-state index is 9.21. The van der Waals surface area contributed by atoms with E-state index in [0.29, 0.717) is 12.6 Å². The smallest absolute Gasteiger partial charge is 0.0606 e. The number of anilines is 2. The summed E-state index contributed by atoms with van der Waals surface area (Å²) in [5.74, 6) is 0. The fraction of sp³-hybridized carbons (Fsp3) is 0.571. The van der Waals surface area contributed by atoms with Crippen LogP contribution < -0.4 is 10.6 Å². The van der Waals surface area contributed by atoms with Gasteiger partial charge in [0.15, 0.2) is 0 Å². The molecule has 0 aliphatic heterocycles. The molecule has 1 fully saturated rings. The predicted molar refractivity (Wildman–Crippen MR) is 72.3 cm³/mol. The highest BCUT2D eigenvalue weighted by molar-refractivity contribution is 5.60. The average molecular weight is 234 g/mol. The van der Waals surface area contributed by atoms with Crippen LogP contribution in [-0.4, -0.2) is 24.3 Å². The van der Waals surface area contributed by atoms with Crippen LogP contribution in [0.4, 0.5) is 11.4 Å². The van der Waals surface area contributed by atoms with E-state index in [0.717, 1.165) is 16.9 Å². The van der Waals surface area contributed by atoms with E-state index in [-0.39, 0.29) is 6.61 Å². The number of rotatable bonds is 4. The van der Waals surface area contributed by atoms with Crippen molar-refractivity contribution in [2.75, 3.05) is 23.8 Å². The van der Waals surface area contributed by atoms with E-state index in [4.69, 9.17) is 5.73 Å². The lowest BCUT2D eigenvalue weighted by molar-refractivity contribution is 0.297. The van der Waals surface area contributed by atoms with Gasteiger partial charge in [0, 0.05) is 24.0 Å². The Morgan fingerprint density at radius 3 is 2.65 bits per heavy atom. The SMILES string of the molecule is Cc1ccc(N(CCO)C2CCCC2)cc1N. The molecule has 3 nitrogen and oxygen atoms in total. The van der Waals surface area contributed by atoms with Crippen LogP contribution >= 0.6 is 0 Å². The van der Waals surface area contributed by atoms with Crippen molar-refractivity contribution in [2.45, 2.75) is 38.6 Å². The van der Waals surface area contributed by atoms with Gasteiger partial charge >= 0.3 is 0 Å². The lowest BCUT2D eigenvalue weighted by Gasteiger charge is -2.31. The second-order valence-corrected chi connectivity index (χ2v) is 4.90. The first kappa shape index (κ1) is 12.2. The molecule has 3 heteroatoms. The second-order valence-electron chi connectivity index (χ2n) is 4.90. The average Bonchev–Trinajstić information content (AvgIpc) is 2.83. The van der Waals surface area contributed by atoms with Crippen LogP contribution in [0.15, 0.2) is 18.2 Å². The molecule has 0 radical (unpaired) electrons. The summed E-state index contributed by atoms with van der Waals surface area (Å²) in [6.45, 7) is 2.92. The molecule has 1 saturated carbocycles. The van der Waals surface area contributed by atoms with E-state index in [1.165, 1.54) is 25.7 Å². The van der Waals surface area contributed by atoms with Crippen LogP contribution in [0.1, 0.15) is 31.2 Å². The number of aryl methyl sites for hydroxylation is 1. The van der Waals surface area contributed by atoms with Gasteiger partial charge in [-0.25, -0.2) is 0 Å². The van der Waals surface area contributed by atoms with Gasteiger partial charge in [0.2, 0.25) is 0 Å². The molecule has 3 N–H and O–H groups in total. The van der Waals surface area contributed by atoms with Crippen LogP contribution in [0.2, 0.25) is 0 Å². The van der Waals surface area contributed by atoms with Gasteiger partial charge in [-0.3, -0.25) is 0 Å². The molecule has 17 heavy (non-hydrogen) atoms. The highest BCUT2D eigenvalue weighted by atomic mass is 16.3. The van der Waals surface area contributed by atoms with E-state index < -0.39 is 0 Å². The lowest BCUT2D eigenvalue weighted by atomic mass is 10.1. The number of nitrogen functional groups attached to an aromatic ring is 1. The topological polar surface area (TPSA) is 49.5 Å². The van der Waals surface area contributed by atoms with E-state index in [1.807, 2.05) is 13.0 Å². The standard InChI is InChI=1S/C14H22N2O/c1-11-6-7-13(10-14(11)15)16(8-9-17)12-4-2-3-5-12/h6-7,10,12,17H,2-5,8-9,15H2,1H3. The highest BCUT2D eigenvalue weighted by Crippen LogP contribution is 2.29. The molecule has 0 bridgehead atoms. The van der Waals surface area contributed by atoms with Crippen molar-refractivity contribution in [1.29, 1.82) is 0 Å². The molecule has 1 aromatic rings. The Kier molecular flexibility index (Phi) is 3.89. The van der Waals surface area contributed by atoms with Crippen molar-refractivity contribution < 1.29 is 5.11 Å². The molecule has 2 rings (SSSR count). The summed E-state index contributed by atoms with van der Waals surface area (Å²) in [5, 5.41) is 9.21. The minimum absolute atomic E-state index is 0.199. The fourth-order valence-corrected chi connectivity index (χ4v) is 2.65. The minimum Gasteiger partial charge on any atom is -0.398 e. The maximum absolute atomic E-state index is 9.21. The number of hydrogen-bond donors (Lipinski definition) is 2. The Balaban J connectivity index is 2.21. The number of nitrogens with zero attached hydrogens (tertiary/aromatic N) is 1. The number of hydrogen-bond acceptors (Lipinski definition) is 3. The summed E-state index contributed by atoms with van der Waals surface area (Å²) in [4.78, 5) is 2.31. The predicted octanol–water partition coefficient (Wildman–Crippen LogP) is 2.32. The third-order valence-corrected chi connectivity index (χ3v) is 3.70. The van der Waals surface area contributed by atoms with Gasteiger partial charge in [-0.15, -0.1) is 0 Å². The number of aliphatic hydroxyl groups is 1. The first-order chi connectivity index (χ1) is 8.22. The first-order valence-corrected chi connectivity index (χ1v) is 6.46. The molecule has 0 aromatic heterocycles. The van der Waals surface area contributed by atoms with Gasteiger partial charge in [0.1, 0.15) is 0 Å². The Morgan fingerprint density at radius 1 is 1.35 bits per heavy atom. The molecule has 0 heterocycles. The molecular formula is C14H22N2O. The second kappa shape index (κ2) is 5.41. The third-order valence-electron chi connectivity index (χ3n) is 3.70. The van der Waals surface area contributed by atoms with Gasteiger partial charge in [0.25, 0.3) is 0 Å². The molecule has 0 unspecified atom stereocenters. The van der Waals surface area contributed by atoms with E-state index in [9.17, 15) is 5.11 Å². The Morgan fingerprint density at radius 2 is 2.06 bits per heavy atom. The summed E-state index contributed by atoms with van der Waals surface area (Å²) in [5.41, 5.74) is 9.06. The summed E-state index contributed by atoms with van der Waals surface area (Å²) < 4.78 is 0. The quantitative estimate of drug-likeness (QED) is 0.786. The molecular weight excluding hydrogens is 212 g/mol. The van der Waals surface area contributed by atoms with Crippen LogP contribution in [-0.2, 0) is 0 Å². The highest BCUT2D eigenvalue weighted by Gasteiger charge is 2.22. The van der Waals surface area contributed by atoms with Crippen molar-refractivity contribution in [3.63, 3.8) is 0 Å². The number of benzene rings is 1. The minimum atomic E-state index is 0.199. The summed E-state index contributed by atoms with van der Waals surface area (Å²) in [6, 6.07) is 6.77. The van der Waals surface area contributed by atoms with E-state index in [1.54, 1.807) is 0 Å². The third kappa shape index (κ3) is 2.72. The van der Waals surface area contributed by atoms with Crippen molar-refractivity contribution in [3.05, 3.63) is 23.8 Å². The molecule has 0 atom stereocenters. The van der Waals surface area contributed by atoms with Crippen LogP contribution in [0.3, 0.4) is 0 Å². The van der Waals surface area contributed by atoms with Gasteiger partial charge in [-0.05, 0) is 37.5 Å². The Bertz CT molecular complexity index is 372. The molecule has 94 valence electrons. The molecule has 0 amide bonds. The van der Waals surface area contributed by atoms with Gasteiger partial charge in [0.05, 0.1) is 6.61 Å². The van der Waals surface area contributed by atoms with Crippen molar-refractivity contribution in [2.24, 2.45) is 0 Å². The zero-order chi connectivity index (χ0) is 12.3. The zero-order valence-electron chi connectivity index (χ0n) is 10.5. The summed E-state index contributed by atoms with van der Waals surface area (Å²) in [6.07, 6.45) is 5.06. The molecule has 0 spiro atoms. The summed E-state index contributed by atoms with van der Waals surface area (Å²) in [7, 11) is 0. The van der Waals surface area contributed by atoms with Crippen molar-refractivity contribution in [3.8, 4) is 0 Å². The molecule has 1 aliphatic carbocycles. The number of aliphatic hydroxyl groups excluding tert-OH is 1. The number of nitrogens with two attached hydrogens (primary N) is 1. The van der Waals surface area contributed by atoms with E-state index in [2.05, 4.69) is 17.0 Å². The van der Waals surface area contributed by atoms with Crippen LogP contribution in [0.5, 0.6) is 0 Å². The molecule has 1 aromatic carbocycles. The zero-order valence-corrected chi connectivity index (χ0v) is 10.5. The van der Waals surface area contributed by atoms with E-state index >= 15 is 0 Å². The maximum Gasteiger partial charge on any atom is 0.0606 e. The van der Waals surface area contributed by atoms with Crippen molar-refractivity contribution >= 4 is 11.4 Å². The largest absolute Gasteiger partial charge is 0.398 e. The van der Waals surface area contributed by atoms with Gasteiger partial charge < -0.3 is 15.7 Å². The monoisotopic (exact) mass is 234 g/mol. The first-order valence-electron chi connectivity index (χ1n) is 6.46.